The van der Waals surface area contributed by atoms with Gasteiger partial charge in [-0.1, -0.05) is 6.08 Å². The Hall–Kier alpha value is -0.500. The molecule has 0 rings (SSSR count). The maximum Gasteiger partial charge on any atom is 0.0268 e. The highest BCUT2D eigenvalue weighted by Gasteiger charge is 1.82. The highest BCUT2D eigenvalue weighted by Crippen LogP contribution is 1.81. The molecule has 0 aromatic heterocycles. The quantitative estimate of drug-likeness (QED) is 0.545. The highest BCUT2D eigenvalue weighted by molar-refractivity contribution is 4.91. The van der Waals surface area contributed by atoms with Crippen molar-refractivity contribution in [1.82, 2.24) is 10.6 Å². The van der Waals surface area contributed by atoms with E-state index < -0.39 is 0 Å². The van der Waals surface area contributed by atoms with E-state index in [-0.39, 0.29) is 0 Å². The van der Waals surface area contributed by atoms with Gasteiger partial charge in [-0.15, -0.1) is 0 Å². The molecule has 0 bridgehead atoms. The Morgan fingerprint density at radius 2 is 2.11 bits per heavy atom. The van der Waals surface area contributed by atoms with Gasteiger partial charge >= 0.3 is 0 Å². The second-order valence-corrected chi connectivity index (χ2v) is 2.00. The molecule has 0 atom stereocenters. The first-order chi connectivity index (χ1) is 4.31. The van der Waals surface area contributed by atoms with Crippen molar-refractivity contribution in [3.63, 3.8) is 0 Å². The van der Waals surface area contributed by atoms with Crippen molar-refractivity contribution in [2.24, 2.45) is 0 Å². The second-order valence-electron chi connectivity index (χ2n) is 2.00. The summed E-state index contributed by atoms with van der Waals surface area (Å²) >= 11 is 0. The molecule has 0 spiro atoms. The van der Waals surface area contributed by atoms with E-state index in [0.29, 0.717) is 0 Å². The summed E-state index contributed by atoms with van der Waals surface area (Å²) in [5.41, 5.74) is 1.24. The number of rotatable bonds is 4. The SMILES string of the molecule is C/C=C(\C)NCCNC. The first-order valence-corrected chi connectivity index (χ1v) is 3.32. The Morgan fingerprint density at radius 1 is 1.44 bits per heavy atom. The molecule has 0 aliphatic carbocycles. The summed E-state index contributed by atoms with van der Waals surface area (Å²) in [6.07, 6.45) is 2.07. The van der Waals surface area contributed by atoms with Gasteiger partial charge in [-0.2, -0.15) is 0 Å². The van der Waals surface area contributed by atoms with Gasteiger partial charge < -0.3 is 10.6 Å². The molecule has 2 heteroatoms. The molecule has 0 aliphatic rings. The molecule has 0 fully saturated rings. The summed E-state index contributed by atoms with van der Waals surface area (Å²) in [5.74, 6) is 0. The third kappa shape index (κ3) is 5.37. The van der Waals surface area contributed by atoms with Crippen LogP contribution in [0.15, 0.2) is 11.8 Å². The average molecular weight is 128 g/mol. The van der Waals surface area contributed by atoms with Crippen LogP contribution in [0.2, 0.25) is 0 Å². The molecule has 54 valence electrons. The largest absolute Gasteiger partial charge is 0.388 e. The van der Waals surface area contributed by atoms with E-state index in [4.69, 9.17) is 0 Å². The van der Waals surface area contributed by atoms with Crippen molar-refractivity contribution in [2.75, 3.05) is 20.1 Å². The lowest BCUT2D eigenvalue weighted by atomic mass is 10.4. The molecule has 0 saturated carbocycles. The molecule has 0 aromatic rings. The van der Waals surface area contributed by atoms with E-state index in [2.05, 4.69) is 23.6 Å². The normalized spacial score (nSPS) is 11.7. The van der Waals surface area contributed by atoms with Gasteiger partial charge in [0.05, 0.1) is 0 Å². The van der Waals surface area contributed by atoms with E-state index in [0.717, 1.165) is 13.1 Å². The highest BCUT2D eigenvalue weighted by atomic mass is 14.9. The van der Waals surface area contributed by atoms with Crippen LogP contribution in [0.1, 0.15) is 13.8 Å². The molecule has 0 aliphatic heterocycles. The molecule has 0 radical (unpaired) electrons. The number of allylic oxidation sites excluding steroid dienone is 2. The second kappa shape index (κ2) is 5.63. The van der Waals surface area contributed by atoms with Crippen LogP contribution in [0.25, 0.3) is 0 Å². The summed E-state index contributed by atoms with van der Waals surface area (Å²) in [6.45, 7) is 6.12. The molecule has 2 nitrogen and oxygen atoms in total. The first-order valence-electron chi connectivity index (χ1n) is 3.32. The van der Waals surface area contributed by atoms with E-state index in [1.54, 1.807) is 0 Å². The van der Waals surface area contributed by atoms with Gasteiger partial charge in [-0.25, -0.2) is 0 Å². The minimum atomic E-state index is 1.01. The van der Waals surface area contributed by atoms with E-state index in [9.17, 15) is 0 Å². The van der Waals surface area contributed by atoms with Gasteiger partial charge in [0, 0.05) is 18.8 Å². The summed E-state index contributed by atoms with van der Waals surface area (Å²) in [7, 11) is 1.95. The number of hydrogen-bond acceptors (Lipinski definition) is 2. The third-order valence-corrected chi connectivity index (χ3v) is 1.21. The van der Waals surface area contributed by atoms with Crippen LogP contribution in [0.3, 0.4) is 0 Å². The van der Waals surface area contributed by atoms with Crippen LogP contribution in [-0.2, 0) is 0 Å². The van der Waals surface area contributed by atoms with Crippen molar-refractivity contribution in [3.8, 4) is 0 Å². The smallest absolute Gasteiger partial charge is 0.0268 e. The topological polar surface area (TPSA) is 24.1 Å². The van der Waals surface area contributed by atoms with Gasteiger partial charge in [0.1, 0.15) is 0 Å². The van der Waals surface area contributed by atoms with Crippen LogP contribution in [0.4, 0.5) is 0 Å². The van der Waals surface area contributed by atoms with Crippen molar-refractivity contribution >= 4 is 0 Å². The van der Waals surface area contributed by atoms with Gasteiger partial charge in [0.15, 0.2) is 0 Å². The lowest BCUT2D eigenvalue weighted by Crippen LogP contribution is -2.23. The van der Waals surface area contributed by atoms with Crippen LogP contribution >= 0.6 is 0 Å². The van der Waals surface area contributed by atoms with Crippen molar-refractivity contribution < 1.29 is 0 Å². The van der Waals surface area contributed by atoms with Crippen LogP contribution in [-0.4, -0.2) is 20.1 Å². The van der Waals surface area contributed by atoms with Crippen molar-refractivity contribution in [2.45, 2.75) is 13.8 Å². The molecule has 9 heavy (non-hydrogen) atoms. The van der Waals surface area contributed by atoms with E-state index >= 15 is 0 Å². The standard InChI is InChI=1S/C7H16N2/c1-4-7(2)9-6-5-8-3/h4,8-9H,5-6H2,1-3H3/b7-4+. The zero-order valence-electron chi connectivity index (χ0n) is 6.49. The minimum Gasteiger partial charge on any atom is -0.388 e. The lowest BCUT2D eigenvalue weighted by Gasteiger charge is -2.03. The summed E-state index contributed by atoms with van der Waals surface area (Å²) in [5, 5.41) is 6.29. The summed E-state index contributed by atoms with van der Waals surface area (Å²) < 4.78 is 0. The molecule has 0 amide bonds. The summed E-state index contributed by atoms with van der Waals surface area (Å²) in [6, 6.07) is 0. The van der Waals surface area contributed by atoms with Crippen LogP contribution < -0.4 is 10.6 Å². The predicted octanol–water partition coefficient (Wildman–Crippen LogP) is 0.719. The first kappa shape index (κ1) is 8.50. The van der Waals surface area contributed by atoms with Gasteiger partial charge in [0.25, 0.3) is 0 Å². The summed E-state index contributed by atoms with van der Waals surface area (Å²) in [4.78, 5) is 0. The Labute approximate surface area is 57.3 Å². The van der Waals surface area contributed by atoms with Crippen molar-refractivity contribution in [3.05, 3.63) is 11.8 Å². The molecular formula is C7H16N2. The number of likely N-dealkylation sites (N-methyl/N-ethyl adjacent to an activating group) is 1. The van der Waals surface area contributed by atoms with Gasteiger partial charge in [0.2, 0.25) is 0 Å². The fourth-order valence-electron chi connectivity index (χ4n) is 0.487. The number of nitrogens with one attached hydrogen (secondary N) is 2. The van der Waals surface area contributed by atoms with Gasteiger partial charge in [-0.05, 0) is 20.9 Å². The monoisotopic (exact) mass is 128 g/mol. The molecule has 2 N–H and O–H groups in total. The van der Waals surface area contributed by atoms with E-state index in [1.807, 2.05) is 14.0 Å². The molecule has 0 saturated heterocycles. The Balaban J connectivity index is 3.07. The zero-order chi connectivity index (χ0) is 7.11. The molecular weight excluding hydrogens is 112 g/mol. The average Bonchev–Trinajstić information content (AvgIpc) is 1.89. The molecule has 0 heterocycles. The minimum absolute atomic E-state index is 1.01. The Kier molecular flexibility index (Phi) is 5.32. The number of hydrogen-bond donors (Lipinski definition) is 2. The van der Waals surface area contributed by atoms with Crippen LogP contribution in [0.5, 0.6) is 0 Å². The zero-order valence-corrected chi connectivity index (χ0v) is 6.49. The van der Waals surface area contributed by atoms with Crippen molar-refractivity contribution in [1.29, 1.82) is 0 Å². The lowest BCUT2D eigenvalue weighted by molar-refractivity contribution is 0.716. The fourth-order valence-corrected chi connectivity index (χ4v) is 0.487. The van der Waals surface area contributed by atoms with E-state index in [1.165, 1.54) is 5.70 Å². The Bertz CT molecular complexity index is 86.9. The predicted molar refractivity (Wildman–Crippen MR) is 41.4 cm³/mol. The van der Waals surface area contributed by atoms with Gasteiger partial charge in [-0.3, -0.25) is 0 Å². The maximum absolute atomic E-state index is 3.23. The fraction of sp³-hybridized carbons (Fsp3) is 0.714. The maximum atomic E-state index is 3.23. The third-order valence-electron chi connectivity index (χ3n) is 1.21. The van der Waals surface area contributed by atoms with Crippen LogP contribution in [0, 0.1) is 0 Å². The molecule has 0 unspecified atom stereocenters. The Morgan fingerprint density at radius 3 is 2.56 bits per heavy atom. The molecule has 0 aromatic carbocycles.